The second-order valence-electron chi connectivity index (χ2n) is 12.0. The number of hydrogen-bond donors (Lipinski definition) is 1. The number of ether oxygens (including phenoxy) is 1. The van der Waals surface area contributed by atoms with Crippen LogP contribution in [0.25, 0.3) is 21.3 Å². The Balaban J connectivity index is 1.19. The Morgan fingerprint density at radius 3 is 2.58 bits per heavy atom. The van der Waals surface area contributed by atoms with E-state index in [0.717, 1.165) is 35.4 Å². The summed E-state index contributed by atoms with van der Waals surface area (Å²) in [7, 11) is 1.92. The SMILES string of the molecule is Cc1cc(-c2cc(Cl)ccc2OCCn2c(C)nc3c(c2=O)CC(N(C)Cc2ccc(C(F)(F)F)cc2)CC3)c2scc(C(=O)O)c2n1. The van der Waals surface area contributed by atoms with Crippen molar-refractivity contribution >= 4 is 39.1 Å². The molecule has 1 N–H and O–H groups in total. The summed E-state index contributed by atoms with van der Waals surface area (Å²) in [6, 6.07) is 12.3. The molecule has 0 radical (unpaired) electrons. The highest BCUT2D eigenvalue weighted by molar-refractivity contribution is 7.18. The average Bonchev–Trinajstić information content (AvgIpc) is 3.46. The molecule has 2 aromatic carbocycles. The molecule has 3 heterocycles. The summed E-state index contributed by atoms with van der Waals surface area (Å²) in [5.74, 6) is 0.0593. The molecule has 6 rings (SSSR count). The van der Waals surface area contributed by atoms with Crippen LogP contribution in [0.5, 0.6) is 5.75 Å². The van der Waals surface area contributed by atoms with E-state index in [1.807, 2.05) is 13.1 Å². The minimum atomic E-state index is -4.38. The lowest BCUT2D eigenvalue weighted by molar-refractivity contribution is -0.137. The van der Waals surface area contributed by atoms with E-state index in [9.17, 15) is 27.9 Å². The van der Waals surface area contributed by atoms with Crippen molar-refractivity contribution in [2.45, 2.75) is 58.4 Å². The van der Waals surface area contributed by atoms with Crippen molar-refractivity contribution in [2.75, 3.05) is 13.7 Å². The predicted molar refractivity (Wildman–Crippen MR) is 179 cm³/mol. The number of thiophene rings is 1. The van der Waals surface area contributed by atoms with Crippen LogP contribution in [-0.4, -0.2) is 50.2 Å². The molecule has 1 aliphatic rings. The number of fused-ring (bicyclic) bond motifs is 2. The first-order chi connectivity index (χ1) is 22.8. The number of halogens is 4. The zero-order chi connectivity index (χ0) is 34.3. The maximum atomic E-state index is 13.8. The van der Waals surface area contributed by atoms with Crippen LogP contribution in [0.1, 0.15) is 50.7 Å². The number of likely N-dealkylation sites (N-methyl/N-ethyl adjacent to an activating group) is 1. The Labute approximate surface area is 283 Å². The summed E-state index contributed by atoms with van der Waals surface area (Å²) in [4.78, 5) is 36.9. The van der Waals surface area contributed by atoms with E-state index in [1.165, 1.54) is 23.5 Å². The zero-order valence-electron chi connectivity index (χ0n) is 26.4. The van der Waals surface area contributed by atoms with Gasteiger partial charge in [0.1, 0.15) is 18.2 Å². The number of carbonyl (C=O) groups is 1. The van der Waals surface area contributed by atoms with Crippen molar-refractivity contribution in [3.8, 4) is 16.9 Å². The topological polar surface area (TPSA) is 97.6 Å². The third kappa shape index (κ3) is 6.83. The Morgan fingerprint density at radius 1 is 1.12 bits per heavy atom. The van der Waals surface area contributed by atoms with Crippen molar-refractivity contribution in [1.29, 1.82) is 0 Å². The van der Waals surface area contributed by atoms with Gasteiger partial charge in [0.15, 0.2) is 0 Å². The van der Waals surface area contributed by atoms with E-state index >= 15 is 0 Å². The monoisotopic (exact) mass is 696 g/mol. The average molecular weight is 697 g/mol. The largest absolute Gasteiger partial charge is 0.491 e. The van der Waals surface area contributed by atoms with Crippen molar-refractivity contribution < 1.29 is 27.8 Å². The normalized spacial score (nSPS) is 14.8. The highest BCUT2D eigenvalue weighted by Crippen LogP contribution is 2.40. The number of aromatic carboxylic acids is 1. The molecule has 1 aliphatic carbocycles. The van der Waals surface area contributed by atoms with Gasteiger partial charge in [-0.2, -0.15) is 13.2 Å². The summed E-state index contributed by atoms with van der Waals surface area (Å²) in [5.41, 5.74) is 4.00. The molecule has 8 nitrogen and oxygen atoms in total. The number of alkyl halides is 3. The van der Waals surface area contributed by atoms with Crippen LogP contribution in [0.3, 0.4) is 0 Å². The molecule has 0 amide bonds. The fourth-order valence-corrected chi connectivity index (χ4v) is 7.42. The van der Waals surface area contributed by atoms with Gasteiger partial charge in [-0.3, -0.25) is 19.2 Å². The Kier molecular flexibility index (Phi) is 9.34. The van der Waals surface area contributed by atoms with Gasteiger partial charge in [-0.05, 0) is 82.1 Å². The molecular weight excluding hydrogens is 665 g/mol. The van der Waals surface area contributed by atoms with Gasteiger partial charge in [0, 0.05) is 45.4 Å². The summed E-state index contributed by atoms with van der Waals surface area (Å²) >= 11 is 7.68. The van der Waals surface area contributed by atoms with Gasteiger partial charge in [0.05, 0.1) is 33.6 Å². The number of hydrogen-bond acceptors (Lipinski definition) is 7. The van der Waals surface area contributed by atoms with Crippen LogP contribution in [0, 0.1) is 13.8 Å². The second kappa shape index (κ2) is 13.3. The molecule has 250 valence electrons. The number of aryl methyl sites for hydroxylation is 3. The summed E-state index contributed by atoms with van der Waals surface area (Å²) in [6.45, 7) is 4.45. The number of benzene rings is 2. The minimum absolute atomic E-state index is 0.0258. The molecule has 1 atom stereocenters. The van der Waals surface area contributed by atoms with Crippen molar-refractivity contribution in [3.05, 3.63) is 109 Å². The third-order valence-corrected chi connectivity index (χ3v) is 9.95. The van der Waals surface area contributed by atoms with Crippen LogP contribution in [0.4, 0.5) is 13.2 Å². The summed E-state index contributed by atoms with van der Waals surface area (Å²) < 4.78 is 47.5. The fourth-order valence-electron chi connectivity index (χ4n) is 6.24. The maximum Gasteiger partial charge on any atom is 0.416 e. The lowest BCUT2D eigenvalue weighted by Crippen LogP contribution is -2.41. The van der Waals surface area contributed by atoms with Gasteiger partial charge in [-0.15, -0.1) is 11.3 Å². The smallest absolute Gasteiger partial charge is 0.416 e. The number of nitrogens with zero attached hydrogens (tertiary/aromatic N) is 4. The van der Waals surface area contributed by atoms with E-state index in [0.29, 0.717) is 63.0 Å². The van der Waals surface area contributed by atoms with Crippen LogP contribution in [0.15, 0.2) is 58.7 Å². The standard InChI is InChI=1S/C35H32ClF3N4O4S/c1-19-14-26(32-31(40-19)28(18-48-32)34(45)46)25-15-23(36)8-11-30(25)47-13-12-43-20(2)41-29-10-9-24(16-27(29)33(43)44)42(3)17-21-4-6-22(7-5-21)35(37,38)39/h4-8,11,14-15,18,24H,9-10,12-13,16-17H2,1-3H3,(H,45,46). The molecule has 0 spiro atoms. The Bertz CT molecular complexity index is 2080. The quantitative estimate of drug-likeness (QED) is 0.170. The van der Waals surface area contributed by atoms with Gasteiger partial charge < -0.3 is 9.84 Å². The van der Waals surface area contributed by atoms with Gasteiger partial charge in [0.2, 0.25) is 0 Å². The van der Waals surface area contributed by atoms with Crippen LogP contribution >= 0.6 is 22.9 Å². The molecule has 3 aromatic heterocycles. The molecule has 1 unspecified atom stereocenters. The van der Waals surface area contributed by atoms with E-state index in [-0.39, 0.29) is 30.3 Å². The number of carboxylic acid groups (broad SMARTS) is 1. The lowest BCUT2D eigenvalue weighted by Gasteiger charge is -2.32. The molecule has 0 saturated carbocycles. The first-order valence-electron chi connectivity index (χ1n) is 15.3. The van der Waals surface area contributed by atoms with Crippen LogP contribution < -0.4 is 10.3 Å². The number of carboxylic acids is 1. The van der Waals surface area contributed by atoms with Gasteiger partial charge in [0.25, 0.3) is 5.56 Å². The number of aromatic nitrogens is 3. The van der Waals surface area contributed by atoms with E-state index in [1.54, 1.807) is 42.0 Å². The van der Waals surface area contributed by atoms with Gasteiger partial charge in [-0.1, -0.05) is 23.7 Å². The van der Waals surface area contributed by atoms with Gasteiger partial charge in [-0.25, -0.2) is 9.78 Å². The molecule has 48 heavy (non-hydrogen) atoms. The van der Waals surface area contributed by atoms with E-state index in [4.69, 9.17) is 21.3 Å². The van der Waals surface area contributed by atoms with Crippen molar-refractivity contribution in [3.63, 3.8) is 0 Å². The molecule has 0 bridgehead atoms. The molecule has 13 heteroatoms. The van der Waals surface area contributed by atoms with Crippen molar-refractivity contribution in [1.82, 2.24) is 19.4 Å². The fraction of sp³-hybridized carbons (Fsp3) is 0.314. The molecule has 0 fully saturated rings. The zero-order valence-corrected chi connectivity index (χ0v) is 28.0. The minimum Gasteiger partial charge on any atom is -0.491 e. The summed E-state index contributed by atoms with van der Waals surface area (Å²) in [5, 5.41) is 11.7. The Morgan fingerprint density at radius 2 is 1.88 bits per heavy atom. The van der Waals surface area contributed by atoms with E-state index in [2.05, 4.69) is 9.88 Å². The molecule has 0 aliphatic heterocycles. The number of rotatable bonds is 9. The first kappa shape index (κ1) is 33.6. The Hall–Kier alpha value is -4.26. The molecular formula is C35H32ClF3N4O4S. The highest BCUT2D eigenvalue weighted by atomic mass is 35.5. The molecule has 5 aromatic rings. The second-order valence-corrected chi connectivity index (χ2v) is 13.3. The van der Waals surface area contributed by atoms with E-state index < -0.39 is 17.7 Å². The summed E-state index contributed by atoms with van der Waals surface area (Å²) in [6.07, 6.45) is -2.49. The maximum absolute atomic E-state index is 13.8. The third-order valence-electron chi connectivity index (χ3n) is 8.72. The highest BCUT2D eigenvalue weighted by Gasteiger charge is 2.31. The molecule has 0 saturated heterocycles. The van der Waals surface area contributed by atoms with Crippen LogP contribution in [0.2, 0.25) is 5.02 Å². The predicted octanol–water partition coefficient (Wildman–Crippen LogP) is 7.58. The first-order valence-corrected chi connectivity index (χ1v) is 16.6. The lowest BCUT2D eigenvalue weighted by atomic mass is 9.91. The van der Waals surface area contributed by atoms with Crippen LogP contribution in [-0.2, 0) is 32.1 Å². The van der Waals surface area contributed by atoms with Crippen molar-refractivity contribution in [2.24, 2.45) is 0 Å². The number of pyridine rings is 1. The van der Waals surface area contributed by atoms with Gasteiger partial charge >= 0.3 is 12.1 Å².